The zero-order valence-corrected chi connectivity index (χ0v) is 16.6. The van der Waals surface area contributed by atoms with Crippen molar-refractivity contribution < 1.29 is 5.11 Å². The number of fused-ring (bicyclic) bond motifs is 1. The van der Waals surface area contributed by atoms with Crippen molar-refractivity contribution in [3.63, 3.8) is 0 Å². The molecular formula is C23H28N4O. The maximum absolute atomic E-state index is 9.95. The molecule has 28 heavy (non-hydrogen) atoms. The first-order chi connectivity index (χ1) is 13.7. The molecule has 0 spiro atoms. The molecule has 1 fully saturated rings. The number of aliphatic hydroxyl groups is 1. The summed E-state index contributed by atoms with van der Waals surface area (Å²) in [5.41, 5.74) is 1.98. The molecule has 0 bridgehead atoms. The normalized spacial score (nSPS) is 19.6. The topological polar surface area (TPSA) is 52.5 Å². The van der Waals surface area contributed by atoms with Gasteiger partial charge < -0.3 is 14.9 Å². The van der Waals surface area contributed by atoms with Crippen molar-refractivity contribution in [2.75, 3.05) is 44.7 Å². The highest BCUT2D eigenvalue weighted by molar-refractivity contribution is 5.91. The summed E-state index contributed by atoms with van der Waals surface area (Å²) >= 11 is 0. The van der Waals surface area contributed by atoms with E-state index in [9.17, 15) is 5.11 Å². The molecule has 2 atom stereocenters. The predicted molar refractivity (Wildman–Crippen MR) is 114 cm³/mol. The molecule has 3 aromatic rings. The Kier molecular flexibility index (Phi) is 5.55. The Morgan fingerprint density at radius 3 is 2.46 bits per heavy atom. The van der Waals surface area contributed by atoms with Gasteiger partial charge in [0.1, 0.15) is 5.82 Å². The van der Waals surface area contributed by atoms with Gasteiger partial charge in [-0.1, -0.05) is 49.4 Å². The molecule has 2 heterocycles. The maximum Gasteiger partial charge on any atom is 0.162 e. The van der Waals surface area contributed by atoms with Crippen LogP contribution in [0, 0.1) is 11.8 Å². The second-order valence-corrected chi connectivity index (χ2v) is 7.72. The van der Waals surface area contributed by atoms with Crippen LogP contribution in [0.25, 0.3) is 22.3 Å². The third-order valence-corrected chi connectivity index (χ3v) is 5.81. The summed E-state index contributed by atoms with van der Waals surface area (Å²) in [4.78, 5) is 14.4. The van der Waals surface area contributed by atoms with Crippen molar-refractivity contribution in [1.82, 2.24) is 14.9 Å². The van der Waals surface area contributed by atoms with Gasteiger partial charge in [-0.25, -0.2) is 9.97 Å². The van der Waals surface area contributed by atoms with Gasteiger partial charge in [-0.15, -0.1) is 0 Å². The van der Waals surface area contributed by atoms with Crippen LogP contribution in [-0.4, -0.2) is 59.8 Å². The van der Waals surface area contributed by atoms with E-state index in [1.54, 1.807) is 0 Å². The van der Waals surface area contributed by atoms with Crippen molar-refractivity contribution >= 4 is 16.7 Å². The number of hydrogen-bond donors (Lipinski definition) is 1. The smallest absolute Gasteiger partial charge is 0.162 e. The number of aliphatic hydroxyl groups excluding tert-OH is 1. The molecular weight excluding hydrogens is 348 g/mol. The van der Waals surface area contributed by atoms with Gasteiger partial charge in [-0.05, 0) is 31.6 Å². The van der Waals surface area contributed by atoms with E-state index in [-0.39, 0.29) is 12.5 Å². The summed E-state index contributed by atoms with van der Waals surface area (Å²) in [6.45, 7) is 6.13. The quantitative estimate of drug-likeness (QED) is 0.715. The monoisotopic (exact) mass is 376 g/mol. The summed E-state index contributed by atoms with van der Waals surface area (Å²) in [6, 6.07) is 18.3. The maximum atomic E-state index is 9.95. The van der Waals surface area contributed by atoms with Crippen LogP contribution in [-0.2, 0) is 0 Å². The Morgan fingerprint density at radius 1 is 1.00 bits per heavy atom. The highest BCUT2D eigenvalue weighted by Gasteiger charge is 2.34. The molecule has 1 aliphatic rings. The highest BCUT2D eigenvalue weighted by atomic mass is 16.3. The van der Waals surface area contributed by atoms with Crippen molar-refractivity contribution in [2.45, 2.75) is 6.92 Å². The molecule has 4 rings (SSSR count). The van der Waals surface area contributed by atoms with Crippen LogP contribution in [0.15, 0.2) is 54.6 Å². The van der Waals surface area contributed by atoms with Crippen LogP contribution >= 0.6 is 0 Å². The zero-order valence-electron chi connectivity index (χ0n) is 16.6. The minimum atomic E-state index is 0.216. The summed E-state index contributed by atoms with van der Waals surface area (Å²) < 4.78 is 0. The van der Waals surface area contributed by atoms with E-state index in [2.05, 4.69) is 35.9 Å². The fraction of sp³-hybridized carbons (Fsp3) is 0.391. The number of hydrogen-bond acceptors (Lipinski definition) is 5. The Labute approximate surface area is 166 Å². The van der Waals surface area contributed by atoms with Gasteiger partial charge >= 0.3 is 0 Å². The molecule has 5 nitrogen and oxygen atoms in total. The number of aromatic nitrogens is 2. The van der Waals surface area contributed by atoms with E-state index in [0.717, 1.165) is 54.3 Å². The standard InChI is InChI=1S/C23H28N4O/c1-3-26(2)13-18-14-27(15-19(18)16-28)23-20-11-7-8-12-21(20)24-22(25-23)17-9-5-4-6-10-17/h4-12,18-19,28H,3,13-16H2,1-2H3/t18-,19-/m1/s1. The second kappa shape index (κ2) is 8.25. The molecule has 0 amide bonds. The first kappa shape index (κ1) is 18.8. The van der Waals surface area contributed by atoms with Gasteiger partial charge in [-0.2, -0.15) is 0 Å². The minimum absolute atomic E-state index is 0.216. The Hall–Kier alpha value is -2.50. The fourth-order valence-corrected chi connectivity index (χ4v) is 4.07. The van der Waals surface area contributed by atoms with Crippen LogP contribution in [0.4, 0.5) is 5.82 Å². The van der Waals surface area contributed by atoms with E-state index in [0.29, 0.717) is 5.92 Å². The molecule has 1 saturated heterocycles. The SMILES string of the molecule is CCN(C)C[C@@H]1CN(c2nc(-c3ccccc3)nc3ccccc23)C[C@@H]1CO. The number of nitrogens with zero attached hydrogens (tertiary/aromatic N) is 4. The third-order valence-electron chi connectivity index (χ3n) is 5.81. The largest absolute Gasteiger partial charge is 0.396 e. The summed E-state index contributed by atoms with van der Waals surface area (Å²) in [7, 11) is 2.14. The van der Waals surface area contributed by atoms with Gasteiger partial charge in [0.05, 0.1) is 5.52 Å². The molecule has 2 aromatic carbocycles. The Bertz CT molecular complexity index is 930. The molecule has 0 aliphatic carbocycles. The van der Waals surface area contributed by atoms with Crippen LogP contribution in [0.2, 0.25) is 0 Å². The van der Waals surface area contributed by atoms with E-state index < -0.39 is 0 Å². The molecule has 5 heteroatoms. The molecule has 1 aromatic heterocycles. The lowest BCUT2D eigenvalue weighted by Gasteiger charge is -2.23. The minimum Gasteiger partial charge on any atom is -0.396 e. The first-order valence-corrected chi connectivity index (χ1v) is 10.1. The van der Waals surface area contributed by atoms with Crippen LogP contribution in [0.3, 0.4) is 0 Å². The molecule has 0 saturated carbocycles. The fourth-order valence-electron chi connectivity index (χ4n) is 4.07. The first-order valence-electron chi connectivity index (χ1n) is 10.1. The van der Waals surface area contributed by atoms with Gasteiger partial charge in [0.15, 0.2) is 5.82 Å². The summed E-state index contributed by atoms with van der Waals surface area (Å²) in [5, 5.41) is 11.0. The van der Waals surface area contributed by atoms with Crippen molar-refractivity contribution in [3.8, 4) is 11.4 Å². The van der Waals surface area contributed by atoms with E-state index >= 15 is 0 Å². The second-order valence-electron chi connectivity index (χ2n) is 7.72. The van der Waals surface area contributed by atoms with Gasteiger partial charge in [-0.3, -0.25) is 0 Å². The highest BCUT2D eigenvalue weighted by Crippen LogP contribution is 2.33. The lowest BCUT2D eigenvalue weighted by Crippen LogP contribution is -2.31. The van der Waals surface area contributed by atoms with Crippen molar-refractivity contribution in [3.05, 3.63) is 54.6 Å². The molecule has 1 N–H and O–H groups in total. The molecule has 0 unspecified atom stereocenters. The van der Waals surface area contributed by atoms with Gasteiger partial charge in [0.25, 0.3) is 0 Å². The van der Waals surface area contributed by atoms with Crippen molar-refractivity contribution in [1.29, 1.82) is 0 Å². The van der Waals surface area contributed by atoms with Gasteiger partial charge in [0.2, 0.25) is 0 Å². The molecule has 146 valence electrons. The van der Waals surface area contributed by atoms with Crippen molar-refractivity contribution in [2.24, 2.45) is 11.8 Å². The summed E-state index contributed by atoms with van der Waals surface area (Å²) in [5.74, 6) is 2.43. The number of rotatable bonds is 6. The Morgan fingerprint density at radius 2 is 1.71 bits per heavy atom. The lowest BCUT2D eigenvalue weighted by atomic mass is 9.96. The zero-order chi connectivity index (χ0) is 19.5. The summed E-state index contributed by atoms with van der Waals surface area (Å²) in [6.07, 6.45) is 0. The lowest BCUT2D eigenvalue weighted by molar-refractivity contribution is 0.178. The number of para-hydroxylation sites is 1. The number of benzene rings is 2. The van der Waals surface area contributed by atoms with E-state index in [4.69, 9.17) is 9.97 Å². The average molecular weight is 377 g/mol. The van der Waals surface area contributed by atoms with Crippen LogP contribution < -0.4 is 4.90 Å². The molecule has 0 radical (unpaired) electrons. The van der Waals surface area contributed by atoms with Crippen LogP contribution in [0.1, 0.15) is 6.92 Å². The third kappa shape index (κ3) is 3.73. The molecule has 1 aliphatic heterocycles. The Balaban J connectivity index is 1.73. The van der Waals surface area contributed by atoms with Gasteiger partial charge in [0, 0.05) is 43.1 Å². The van der Waals surface area contributed by atoms with E-state index in [1.807, 2.05) is 42.5 Å². The van der Waals surface area contributed by atoms with Crippen LogP contribution in [0.5, 0.6) is 0 Å². The number of anilines is 1. The average Bonchev–Trinajstić information content (AvgIpc) is 3.16. The predicted octanol–water partition coefficient (Wildman–Crippen LogP) is 3.29. The van der Waals surface area contributed by atoms with E-state index in [1.165, 1.54) is 0 Å².